The van der Waals surface area contributed by atoms with Crippen LogP contribution in [-0.2, 0) is 27.1 Å². The van der Waals surface area contributed by atoms with E-state index in [1.54, 1.807) is 0 Å². The summed E-state index contributed by atoms with van der Waals surface area (Å²) in [5.41, 5.74) is 2.10. The number of methoxy groups -OCH3 is 1. The second kappa shape index (κ2) is 11.0. The summed E-state index contributed by atoms with van der Waals surface area (Å²) in [6.07, 6.45) is 7.07. The lowest BCUT2D eigenvalue weighted by atomic mass is 9.79. The number of urea groups is 1. The summed E-state index contributed by atoms with van der Waals surface area (Å²) < 4.78 is 10.8. The van der Waals surface area contributed by atoms with Crippen LogP contribution in [0.3, 0.4) is 0 Å². The molecule has 2 heterocycles. The SMILES string of the molecule is COC(=O)[C@H](CCOC1CC(CCc2ccc3c(n2)NCCC3)C1)NC(=O)NC(C)(C)C. The Labute approximate surface area is 191 Å². The van der Waals surface area contributed by atoms with E-state index in [1.807, 2.05) is 20.8 Å². The molecule has 2 aliphatic rings. The molecule has 178 valence electrons. The number of ether oxygens (including phenoxy) is 2. The fourth-order valence-corrected chi connectivity index (χ4v) is 4.19. The maximum atomic E-state index is 12.1. The molecule has 8 nitrogen and oxygen atoms in total. The van der Waals surface area contributed by atoms with Crippen molar-refractivity contribution in [3.63, 3.8) is 0 Å². The minimum atomic E-state index is -0.720. The zero-order chi connectivity index (χ0) is 23.1. The molecule has 0 bridgehead atoms. The van der Waals surface area contributed by atoms with Crippen molar-refractivity contribution in [2.45, 2.75) is 83.4 Å². The van der Waals surface area contributed by atoms with Crippen LogP contribution in [0.5, 0.6) is 0 Å². The van der Waals surface area contributed by atoms with E-state index >= 15 is 0 Å². The van der Waals surface area contributed by atoms with E-state index in [9.17, 15) is 9.59 Å². The Morgan fingerprint density at radius 1 is 1.28 bits per heavy atom. The standard InChI is InChI=1S/C24H38N4O4/c1-24(2,3)28-23(30)27-20(22(29)31-4)11-13-32-19-14-16(15-19)7-9-18-10-8-17-6-5-12-25-21(17)26-18/h8,10,16,19-20H,5-7,9,11-15H2,1-4H3,(H,25,26)(H2,27,28,30)/t16?,19?,20-/m0/s1. The van der Waals surface area contributed by atoms with Crippen LogP contribution in [0.2, 0.25) is 0 Å². The number of aryl methyl sites for hydroxylation is 2. The molecule has 1 aromatic rings. The molecule has 0 radical (unpaired) electrons. The quantitative estimate of drug-likeness (QED) is 0.504. The molecule has 3 N–H and O–H groups in total. The lowest BCUT2D eigenvalue weighted by Gasteiger charge is -2.35. The van der Waals surface area contributed by atoms with Crippen molar-refractivity contribution in [1.82, 2.24) is 15.6 Å². The number of carbonyl (C=O) groups is 2. The molecule has 3 rings (SSSR count). The molecule has 0 aromatic carbocycles. The minimum Gasteiger partial charge on any atom is -0.467 e. The lowest BCUT2D eigenvalue weighted by molar-refractivity contribution is -0.143. The summed E-state index contributed by atoms with van der Waals surface area (Å²) in [5, 5.41) is 8.88. The Morgan fingerprint density at radius 3 is 2.78 bits per heavy atom. The van der Waals surface area contributed by atoms with Crippen molar-refractivity contribution in [3.05, 3.63) is 23.4 Å². The average molecular weight is 447 g/mol. The van der Waals surface area contributed by atoms with Crippen LogP contribution in [-0.4, -0.2) is 54.9 Å². The number of nitrogens with one attached hydrogen (secondary N) is 3. The van der Waals surface area contributed by atoms with Crippen LogP contribution in [0.4, 0.5) is 10.6 Å². The fourth-order valence-electron chi connectivity index (χ4n) is 4.19. The van der Waals surface area contributed by atoms with Gasteiger partial charge in [-0.25, -0.2) is 14.6 Å². The van der Waals surface area contributed by atoms with E-state index in [0.717, 1.165) is 50.2 Å². The van der Waals surface area contributed by atoms with Gasteiger partial charge < -0.3 is 25.4 Å². The van der Waals surface area contributed by atoms with Crippen molar-refractivity contribution in [1.29, 1.82) is 0 Å². The molecule has 0 spiro atoms. The zero-order valence-corrected chi connectivity index (χ0v) is 19.8. The first kappa shape index (κ1) is 24.3. The minimum absolute atomic E-state index is 0.222. The maximum absolute atomic E-state index is 12.1. The van der Waals surface area contributed by atoms with Gasteiger partial charge >= 0.3 is 12.0 Å². The Balaban J connectivity index is 1.33. The van der Waals surface area contributed by atoms with Gasteiger partial charge in [-0.2, -0.15) is 0 Å². The molecule has 1 aromatic heterocycles. The zero-order valence-electron chi connectivity index (χ0n) is 19.8. The normalized spacial score (nSPS) is 20.9. The number of hydrogen-bond acceptors (Lipinski definition) is 6. The van der Waals surface area contributed by atoms with Gasteiger partial charge in [0.2, 0.25) is 0 Å². The largest absolute Gasteiger partial charge is 0.467 e. The van der Waals surface area contributed by atoms with Crippen LogP contribution in [0.15, 0.2) is 12.1 Å². The van der Waals surface area contributed by atoms with Gasteiger partial charge in [-0.3, -0.25) is 0 Å². The van der Waals surface area contributed by atoms with Crippen molar-refractivity contribution >= 4 is 17.8 Å². The highest BCUT2D eigenvalue weighted by atomic mass is 16.5. The number of anilines is 1. The average Bonchev–Trinajstić information content (AvgIpc) is 2.71. The topological polar surface area (TPSA) is 102 Å². The Morgan fingerprint density at radius 2 is 2.06 bits per heavy atom. The molecule has 1 aliphatic carbocycles. The van der Waals surface area contributed by atoms with Gasteiger partial charge in [-0.15, -0.1) is 0 Å². The number of nitrogens with zero attached hydrogens (tertiary/aromatic N) is 1. The summed E-state index contributed by atoms with van der Waals surface area (Å²) in [6.45, 7) is 7.07. The molecule has 1 fully saturated rings. The summed E-state index contributed by atoms with van der Waals surface area (Å²) in [5.74, 6) is 1.25. The third-order valence-electron chi connectivity index (χ3n) is 5.99. The number of fused-ring (bicyclic) bond motifs is 1. The van der Waals surface area contributed by atoms with Crippen molar-refractivity contribution in [2.24, 2.45) is 5.92 Å². The van der Waals surface area contributed by atoms with E-state index in [0.29, 0.717) is 18.9 Å². The van der Waals surface area contributed by atoms with Gasteiger partial charge in [0.1, 0.15) is 11.9 Å². The van der Waals surface area contributed by atoms with E-state index in [2.05, 4.69) is 28.1 Å². The number of carbonyl (C=O) groups excluding carboxylic acids is 2. The number of pyridine rings is 1. The van der Waals surface area contributed by atoms with E-state index in [-0.39, 0.29) is 17.7 Å². The Kier molecular flexibility index (Phi) is 8.34. The second-order valence-corrected chi connectivity index (χ2v) is 9.92. The highest BCUT2D eigenvalue weighted by molar-refractivity contribution is 5.83. The van der Waals surface area contributed by atoms with Crippen LogP contribution < -0.4 is 16.0 Å². The third kappa shape index (κ3) is 7.36. The van der Waals surface area contributed by atoms with Crippen LogP contribution in [0, 0.1) is 5.92 Å². The number of esters is 1. The summed E-state index contributed by atoms with van der Waals surface area (Å²) in [7, 11) is 1.32. The molecule has 0 unspecified atom stereocenters. The van der Waals surface area contributed by atoms with Crippen LogP contribution in [0.1, 0.15) is 64.1 Å². The smallest absolute Gasteiger partial charge is 0.328 e. The van der Waals surface area contributed by atoms with Gasteiger partial charge in [0.05, 0.1) is 13.2 Å². The van der Waals surface area contributed by atoms with Crippen LogP contribution in [0.25, 0.3) is 0 Å². The first-order valence-electron chi connectivity index (χ1n) is 11.7. The van der Waals surface area contributed by atoms with Crippen molar-refractivity contribution < 1.29 is 19.1 Å². The lowest BCUT2D eigenvalue weighted by Crippen LogP contribution is -2.52. The second-order valence-electron chi connectivity index (χ2n) is 9.92. The van der Waals surface area contributed by atoms with Gasteiger partial charge in [0.15, 0.2) is 0 Å². The fraction of sp³-hybridized carbons (Fsp3) is 0.708. The van der Waals surface area contributed by atoms with Gasteiger partial charge in [-0.1, -0.05) is 6.07 Å². The molecule has 1 atom stereocenters. The number of hydrogen-bond donors (Lipinski definition) is 3. The number of aromatic nitrogens is 1. The van der Waals surface area contributed by atoms with Crippen LogP contribution >= 0.6 is 0 Å². The van der Waals surface area contributed by atoms with E-state index < -0.39 is 12.0 Å². The monoisotopic (exact) mass is 446 g/mol. The highest BCUT2D eigenvalue weighted by Crippen LogP contribution is 2.34. The summed E-state index contributed by atoms with van der Waals surface area (Å²) >= 11 is 0. The third-order valence-corrected chi connectivity index (χ3v) is 5.99. The van der Waals surface area contributed by atoms with E-state index in [1.165, 1.54) is 19.1 Å². The highest BCUT2D eigenvalue weighted by Gasteiger charge is 2.30. The predicted octanol–water partition coefficient (Wildman–Crippen LogP) is 3.20. The summed E-state index contributed by atoms with van der Waals surface area (Å²) in [6, 6.07) is 3.27. The molecule has 0 saturated heterocycles. The van der Waals surface area contributed by atoms with Crippen molar-refractivity contribution in [3.8, 4) is 0 Å². The number of amides is 2. The molecule has 1 saturated carbocycles. The first-order chi connectivity index (χ1) is 15.2. The van der Waals surface area contributed by atoms with Gasteiger partial charge in [0, 0.05) is 30.8 Å². The Bertz CT molecular complexity index is 787. The predicted molar refractivity (Wildman–Crippen MR) is 124 cm³/mol. The van der Waals surface area contributed by atoms with Gasteiger partial charge in [0.25, 0.3) is 0 Å². The first-order valence-corrected chi connectivity index (χ1v) is 11.7. The maximum Gasteiger partial charge on any atom is 0.328 e. The van der Waals surface area contributed by atoms with Crippen molar-refractivity contribution in [2.75, 3.05) is 25.6 Å². The molecule has 32 heavy (non-hydrogen) atoms. The van der Waals surface area contributed by atoms with E-state index in [4.69, 9.17) is 14.5 Å². The molecule has 2 amide bonds. The molecule has 1 aliphatic heterocycles. The number of rotatable bonds is 9. The van der Waals surface area contributed by atoms with Gasteiger partial charge in [-0.05, 0) is 76.8 Å². The molecule has 8 heteroatoms. The molecular weight excluding hydrogens is 408 g/mol. The Hall–Kier alpha value is -2.35. The summed E-state index contributed by atoms with van der Waals surface area (Å²) in [4.78, 5) is 28.9. The molecular formula is C24H38N4O4.